The summed E-state index contributed by atoms with van der Waals surface area (Å²) in [5, 5.41) is 5.26. The summed E-state index contributed by atoms with van der Waals surface area (Å²) in [7, 11) is -3.51. The van der Waals surface area contributed by atoms with Gasteiger partial charge >= 0.3 is 0 Å². The Bertz CT molecular complexity index is 1190. The second kappa shape index (κ2) is 9.53. The summed E-state index contributed by atoms with van der Waals surface area (Å²) in [4.78, 5) is 17.1. The maximum Gasteiger partial charge on any atom is 0.243 e. The highest BCUT2D eigenvalue weighted by molar-refractivity contribution is 7.89. The number of carbonyl (C=O) groups is 1. The predicted molar refractivity (Wildman–Crippen MR) is 122 cm³/mol. The molecular formula is C22H25N3O5S2. The van der Waals surface area contributed by atoms with E-state index in [1.807, 2.05) is 25.3 Å². The predicted octanol–water partition coefficient (Wildman–Crippen LogP) is 3.61. The number of amides is 1. The Hall–Kier alpha value is -2.53. The number of nitrogens with zero attached hydrogens (tertiary/aromatic N) is 2. The van der Waals surface area contributed by atoms with Crippen molar-refractivity contribution in [3.8, 4) is 11.3 Å². The SMILES string of the molecule is Cc1cc(-c2csc(NC(=O)CCc3ccc(S(=O)(=O)N4CCOCC4)cc3)n2)c(C)o1. The monoisotopic (exact) mass is 475 g/mol. The lowest BCUT2D eigenvalue weighted by atomic mass is 10.1. The van der Waals surface area contributed by atoms with Gasteiger partial charge in [-0.15, -0.1) is 11.3 Å². The van der Waals surface area contributed by atoms with E-state index in [0.717, 1.165) is 28.3 Å². The second-order valence-electron chi connectivity index (χ2n) is 7.57. The first-order valence-corrected chi connectivity index (χ1v) is 12.6. The van der Waals surface area contributed by atoms with Crippen LogP contribution in [-0.4, -0.2) is 49.9 Å². The smallest absolute Gasteiger partial charge is 0.243 e. The van der Waals surface area contributed by atoms with Crippen LogP contribution in [-0.2, 0) is 26.0 Å². The summed E-state index contributed by atoms with van der Waals surface area (Å²) >= 11 is 1.37. The molecule has 0 unspecified atom stereocenters. The molecule has 4 rings (SSSR count). The highest BCUT2D eigenvalue weighted by atomic mass is 32.2. The molecule has 0 saturated carbocycles. The number of aryl methyl sites for hydroxylation is 3. The van der Waals surface area contributed by atoms with Gasteiger partial charge < -0.3 is 14.5 Å². The lowest BCUT2D eigenvalue weighted by molar-refractivity contribution is -0.116. The number of morpholine rings is 1. The maximum absolute atomic E-state index is 12.7. The average Bonchev–Trinajstić information content (AvgIpc) is 3.38. The summed E-state index contributed by atoms with van der Waals surface area (Å²) in [6.45, 7) is 5.32. The van der Waals surface area contributed by atoms with Gasteiger partial charge in [-0.3, -0.25) is 4.79 Å². The van der Waals surface area contributed by atoms with E-state index in [9.17, 15) is 13.2 Å². The minimum Gasteiger partial charge on any atom is -0.466 e. The molecule has 1 N–H and O–H groups in total. The van der Waals surface area contributed by atoms with Gasteiger partial charge in [0.05, 0.1) is 23.8 Å². The minimum absolute atomic E-state index is 0.143. The zero-order chi connectivity index (χ0) is 22.7. The molecule has 0 aliphatic carbocycles. The highest BCUT2D eigenvalue weighted by Crippen LogP contribution is 2.29. The van der Waals surface area contributed by atoms with Crippen molar-refractivity contribution in [1.29, 1.82) is 0 Å². The van der Waals surface area contributed by atoms with Crippen molar-refractivity contribution in [2.45, 2.75) is 31.6 Å². The molecule has 3 heterocycles. The first kappa shape index (κ1) is 22.7. The minimum atomic E-state index is -3.51. The molecule has 1 amide bonds. The topological polar surface area (TPSA) is 102 Å². The second-order valence-corrected chi connectivity index (χ2v) is 10.4. The van der Waals surface area contributed by atoms with Crippen LogP contribution in [0.5, 0.6) is 0 Å². The number of aromatic nitrogens is 1. The van der Waals surface area contributed by atoms with Gasteiger partial charge in [0.1, 0.15) is 11.5 Å². The van der Waals surface area contributed by atoms with Crippen molar-refractivity contribution in [1.82, 2.24) is 9.29 Å². The van der Waals surface area contributed by atoms with E-state index in [4.69, 9.17) is 9.15 Å². The van der Waals surface area contributed by atoms with Crippen LogP contribution in [0, 0.1) is 13.8 Å². The van der Waals surface area contributed by atoms with Crippen molar-refractivity contribution in [3.63, 3.8) is 0 Å². The highest BCUT2D eigenvalue weighted by Gasteiger charge is 2.26. The molecule has 1 aliphatic heterocycles. The molecule has 8 nitrogen and oxygen atoms in total. The van der Waals surface area contributed by atoms with Crippen molar-refractivity contribution < 1.29 is 22.4 Å². The lowest BCUT2D eigenvalue weighted by Gasteiger charge is -2.26. The number of ether oxygens (including phenoxy) is 1. The number of rotatable bonds is 7. The van der Waals surface area contributed by atoms with E-state index >= 15 is 0 Å². The van der Waals surface area contributed by atoms with Crippen LogP contribution >= 0.6 is 11.3 Å². The van der Waals surface area contributed by atoms with Crippen LogP contribution in [0.4, 0.5) is 5.13 Å². The Morgan fingerprint density at radius 2 is 1.91 bits per heavy atom. The van der Waals surface area contributed by atoms with Crippen LogP contribution in [0.25, 0.3) is 11.3 Å². The molecule has 1 aliphatic rings. The third kappa shape index (κ3) is 5.09. The van der Waals surface area contributed by atoms with Gasteiger partial charge in [0.2, 0.25) is 15.9 Å². The summed E-state index contributed by atoms with van der Waals surface area (Å²) in [6.07, 6.45) is 0.774. The standard InChI is InChI=1S/C22H25N3O5S2/c1-15-13-19(16(2)30-15)20-14-31-22(23-20)24-21(26)8-5-17-3-6-18(7-4-17)32(27,28)25-9-11-29-12-10-25/h3-4,6-7,13-14H,5,8-12H2,1-2H3,(H,23,24,26). The fourth-order valence-corrected chi connectivity index (χ4v) is 5.68. The molecule has 170 valence electrons. The summed E-state index contributed by atoms with van der Waals surface area (Å²) in [5.41, 5.74) is 2.59. The first-order valence-electron chi connectivity index (χ1n) is 10.3. The number of anilines is 1. The Labute approximate surface area is 191 Å². The van der Waals surface area contributed by atoms with Crippen LogP contribution < -0.4 is 5.32 Å². The number of nitrogens with one attached hydrogen (secondary N) is 1. The normalized spacial score (nSPS) is 15.1. The van der Waals surface area contributed by atoms with Crippen LogP contribution in [0.2, 0.25) is 0 Å². The third-order valence-electron chi connectivity index (χ3n) is 5.24. The lowest BCUT2D eigenvalue weighted by Crippen LogP contribution is -2.40. The molecule has 0 atom stereocenters. The Morgan fingerprint density at radius 3 is 2.56 bits per heavy atom. The van der Waals surface area contributed by atoms with Crippen molar-refractivity contribution in [2.24, 2.45) is 0 Å². The zero-order valence-corrected chi connectivity index (χ0v) is 19.6. The largest absolute Gasteiger partial charge is 0.466 e. The number of hydrogen-bond donors (Lipinski definition) is 1. The molecule has 1 aromatic carbocycles. The number of benzene rings is 1. The molecule has 3 aromatic rings. The Morgan fingerprint density at radius 1 is 1.19 bits per heavy atom. The van der Waals surface area contributed by atoms with Gasteiger partial charge in [0, 0.05) is 30.5 Å². The summed E-state index contributed by atoms with van der Waals surface area (Å²) in [6, 6.07) is 8.64. The molecule has 1 fully saturated rings. The van der Waals surface area contributed by atoms with E-state index in [1.54, 1.807) is 24.3 Å². The number of carbonyl (C=O) groups excluding carboxylic acids is 1. The maximum atomic E-state index is 12.7. The third-order valence-corrected chi connectivity index (χ3v) is 7.91. The van der Waals surface area contributed by atoms with Crippen LogP contribution in [0.15, 0.2) is 45.0 Å². The van der Waals surface area contributed by atoms with Crippen molar-refractivity contribution in [3.05, 3.63) is 52.8 Å². The van der Waals surface area contributed by atoms with E-state index < -0.39 is 10.0 Å². The first-order chi connectivity index (χ1) is 15.3. The fraction of sp³-hybridized carbons (Fsp3) is 0.364. The molecular weight excluding hydrogens is 450 g/mol. The van der Waals surface area contributed by atoms with Crippen LogP contribution in [0.3, 0.4) is 0 Å². The van der Waals surface area contributed by atoms with Crippen molar-refractivity contribution in [2.75, 3.05) is 31.6 Å². The number of hydrogen-bond acceptors (Lipinski definition) is 7. The molecule has 0 bridgehead atoms. The summed E-state index contributed by atoms with van der Waals surface area (Å²) < 4.78 is 37.6. The van der Waals surface area contributed by atoms with Crippen LogP contribution in [0.1, 0.15) is 23.5 Å². The molecule has 32 heavy (non-hydrogen) atoms. The Balaban J connectivity index is 1.32. The quantitative estimate of drug-likeness (QED) is 0.560. The van der Waals surface area contributed by atoms with Gasteiger partial charge in [-0.25, -0.2) is 13.4 Å². The van der Waals surface area contributed by atoms with Crippen molar-refractivity contribution >= 4 is 32.4 Å². The van der Waals surface area contributed by atoms with E-state index in [1.165, 1.54) is 15.6 Å². The fourth-order valence-electron chi connectivity index (χ4n) is 3.54. The average molecular weight is 476 g/mol. The van der Waals surface area contributed by atoms with Gasteiger partial charge in [-0.1, -0.05) is 12.1 Å². The molecule has 1 saturated heterocycles. The molecule has 0 radical (unpaired) electrons. The number of furan rings is 1. The van der Waals surface area contributed by atoms with Gasteiger partial charge in [-0.05, 0) is 44.0 Å². The van der Waals surface area contributed by atoms with Gasteiger partial charge in [0.25, 0.3) is 0 Å². The Kier molecular flexibility index (Phi) is 6.75. The van der Waals surface area contributed by atoms with E-state index in [2.05, 4.69) is 10.3 Å². The molecule has 10 heteroatoms. The van der Waals surface area contributed by atoms with Gasteiger partial charge in [0.15, 0.2) is 5.13 Å². The molecule has 2 aromatic heterocycles. The molecule has 0 spiro atoms. The number of thiazole rings is 1. The zero-order valence-electron chi connectivity index (χ0n) is 18.0. The van der Waals surface area contributed by atoms with E-state index in [-0.39, 0.29) is 17.2 Å². The number of sulfonamides is 1. The van der Waals surface area contributed by atoms with E-state index in [0.29, 0.717) is 37.9 Å². The van der Waals surface area contributed by atoms with Gasteiger partial charge in [-0.2, -0.15) is 4.31 Å². The summed E-state index contributed by atoms with van der Waals surface area (Å²) in [5.74, 6) is 1.47.